The molecule has 1 aliphatic carbocycles. The van der Waals surface area contributed by atoms with E-state index in [9.17, 15) is 17.6 Å². The van der Waals surface area contributed by atoms with Crippen LogP contribution in [0.15, 0.2) is 48.5 Å². The number of rotatable bonds is 3. The van der Waals surface area contributed by atoms with Crippen LogP contribution in [0, 0.1) is 29.1 Å². The number of allylic oxidation sites excluding steroid dienone is 2. The SMILES string of the molecule is CCc1cc(F)c(C2=CCc3c(ccc(-c4ccc(F)c(F)c4)c3F)C2)c(F)c1. The minimum Gasteiger partial charge on any atom is -0.206 e. The summed E-state index contributed by atoms with van der Waals surface area (Å²) in [5.74, 6) is -3.85. The van der Waals surface area contributed by atoms with Crippen LogP contribution in [0.4, 0.5) is 22.0 Å². The molecule has 0 aromatic heterocycles. The number of benzene rings is 3. The fourth-order valence-corrected chi connectivity index (χ4v) is 3.76. The molecule has 4 rings (SSSR count). The Hall–Kier alpha value is -2.95. The van der Waals surface area contributed by atoms with E-state index in [4.69, 9.17) is 0 Å². The van der Waals surface area contributed by atoms with Gasteiger partial charge in [-0.3, -0.25) is 0 Å². The monoisotopic (exact) mass is 400 g/mol. The molecule has 5 heteroatoms. The number of hydrogen-bond acceptors (Lipinski definition) is 0. The van der Waals surface area contributed by atoms with Crippen LogP contribution in [0.3, 0.4) is 0 Å². The summed E-state index contributed by atoms with van der Waals surface area (Å²) in [4.78, 5) is 0. The molecule has 0 nitrogen and oxygen atoms in total. The summed E-state index contributed by atoms with van der Waals surface area (Å²) in [6.45, 7) is 1.82. The minimum absolute atomic E-state index is 0.0852. The van der Waals surface area contributed by atoms with Crippen molar-refractivity contribution >= 4 is 5.57 Å². The zero-order chi connectivity index (χ0) is 20.7. The predicted molar refractivity (Wildman–Crippen MR) is 103 cm³/mol. The van der Waals surface area contributed by atoms with E-state index in [0.717, 1.165) is 12.1 Å². The van der Waals surface area contributed by atoms with E-state index in [1.54, 1.807) is 12.1 Å². The van der Waals surface area contributed by atoms with Gasteiger partial charge in [0.1, 0.15) is 17.5 Å². The van der Waals surface area contributed by atoms with E-state index in [2.05, 4.69) is 0 Å². The highest BCUT2D eigenvalue weighted by Gasteiger charge is 2.23. The van der Waals surface area contributed by atoms with Gasteiger partial charge in [0.25, 0.3) is 0 Å². The number of hydrogen-bond donors (Lipinski definition) is 0. The maximum atomic E-state index is 15.1. The smallest absolute Gasteiger partial charge is 0.159 e. The fourth-order valence-electron chi connectivity index (χ4n) is 3.76. The van der Waals surface area contributed by atoms with Gasteiger partial charge in [-0.25, -0.2) is 22.0 Å². The lowest BCUT2D eigenvalue weighted by Crippen LogP contribution is -2.09. The first-order chi connectivity index (χ1) is 13.9. The van der Waals surface area contributed by atoms with Gasteiger partial charge in [-0.05, 0) is 71.4 Å². The third-order valence-corrected chi connectivity index (χ3v) is 5.34. The van der Waals surface area contributed by atoms with Crippen LogP contribution >= 0.6 is 0 Å². The topological polar surface area (TPSA) is 0 Å². The van der Waals surface area contributed by atoms with Gasteiger partial charge in [0.15, 0.2) is 11.6 Å². The first-order valence-electron chi connectivity index (χ1n) is 9.32. The molecule has 3 aromatic rings. The lowest BCUT2D eigenvalue weighted by Gasteiger charge is -2.20. The molecule has 148 valence electrons. The van der Waals surface area contributed by atoms with Crippen molar-refractivity contribution in [2.45, 2.75) is 26.2 Å². The third kappa shape index (κ3) is 3.46. The number of aryl methyl sites for hydroxylation is 1. The summed E-state index contributed by atoms with van der Waals surface area (Å²) in [6.07, 6.45) is 2.48. The van der Waals surface area contributed by atoms with Crippen molar-refractivity contribution in [1.82, 2.24) is 0 Å². The molecule has 0 unspecified atom stereocenters. The molecule has 0 aliphatic heterocycles. The summed E-state index contributed by atoms with van der Waals surface area (Å²) in [7, 11) is 0. The van der Waals surface area contributed by atoms with Crippen LogP contribution in [0.1, 0.15) is 29.2 Å². The average Bonchev–Trinajstić information content (AvgIpc) is 2.70. The fraction of sp³-hybridized carbons (Fsp3) is 0.167. The van der Waals surface area contributed by atoms with Gasteiger partial charge in [0.2, 0.25) is 0 Å². The Morgan fingerprint density at radius 1 is 0.793 bits per heavy atom. The molecule has 3 aromatic carbocycles. The Bertz CT molecular complexity index is 1120. The standard InChI is InChI=1S/C24H17F5/c1-2-13-9-21(27)23(22(28)10-13)16-4-7-17-14(11-16)3-6-18(24(17)29)15-5-8-19(25)20(26)12-15/h3-6,8-10,12H,2,7,11H2,1H3. The summed E-state index contributed by atoms with van der Waals surface area (Å²) in [5, 5.41) is 0. The first kappa shape index (κ1) is 19.4. The van der Waals surface area contributed by atoms with Crippen molar-refractivity contribution in [3.8, 4) is 11.1 Å². The Labute approximate surface area is 165 Å². The zero-order valence-corrected chi connectivity index (χ0v) is 15.6. The summed E-state index contributed by atoms with van der Waals surface area (Å²) in [6, 6.07) is 9.00. The van der Waals surface area contributed by atoms with E-state index < -0.39 is 29.1 Å². The molecular weight excluding hydrogens is 383 g/mol. The van der Waals surface area contributed by atoms with Crippen molar-refractivity contribution in [3.63, 3.8) is 0 Å². The van der Waals surface area contributed by atoms with E-state index in [-0.39, 0.29) is 29.5 Å². The van der Waals surface area contributed by atoms with Gasteiger partial charge in [0.05, 0.1) is 0 Å². The highest BCUT2D eigenvalue weighted by Crippen LogP contribution is 2.35. The predicted octanol–water partition coefficient (Wildman–Crippen LogP) is 6.79. The maximum Gasteiger partial charge on any atom is 0.159 e. The van der Waals surface area contributed by atoms with E-state index in [1.807, 2.05) is 6.92 Å². The first-order valence-corrected chi connectivity index (χ1v) is 9.32. The van der Waals surface area contributed by atoms with Crippen LogP contribution in [0.5, 0.6) is 0 Å². The van der Waals surface area contributed by atoms with E-state index in [1.165, 1.54) is 24.3 Å². The van der Waals surface area contributed by atoms with Gasteiger partial charge >= 0.3 is 0 Å². The van der Waals surface area contributed by atoms with Crippen molar-refractivity contribution in [3.05, 3.63) is 99.9 Å². The van der Waals surface area contributed by atoms with Crippen LogP contribution in [-0.2, 0) is 19.3 Å². The maximum absolute atomic E-state index is 15.1. The highest BCUT2D eigenvalue weighted by molar-refractivity contribution is 5.74. The average molecular weight is 400 g/mol. The summed E-state index contributed by atoms with van der Waals surface area (Å²) < 4.78 is 70.7. The van der Waals surface area contributed by atoms with Gasteiger partial charge < -0.3 is 0 Å². The Balaban J connectivity index is 1.71. The second-order valence-corrected chi connectivity index (χ2v) is 7.09. The van der Waals surface area contributed by atoms with Gasteiger partial charge in [-0.15, -0.1) is 0 Å². The summed E-state index contributed by atoms with van der Waals surface area (Å²) in [5.41, 5.74) is 2.35. The molecule has 0 spiro atoms. The van der Waals surface area contributed by atoms with Crippen molar-refractivity contribution in [2.24, 2.45) is 0 Å². The van der Waals surface area contributed by atoms with Crippen molar-refractivity contribution in [1.29, 1.82) is 0 Å². The second kappa shape index (κ2) is 7.47. The quantitative estimate of drug-likeness (QED) is 0.425. The van der Waals surface area contributed by atoms with Gasteiger partial charge in [-0.1, -0.05) is 31.2 Å². The second-order valence-electron chi connectivity index (χ2n) is 7.09. The minimum atomic E-state index is -1.05. The van der Waals surface area contributed by atoms with Gasteiger partial charge in [0, 0.05) is 11.1 Å². The highest BCUT2D eigenvalue weighted by atomic mass is 19.2. The molecule has 1 aliphatic rings. The Kier molecular flexibility index (Phi) is 4.99. The number of fused-ring (bicyclic) bond motifs is 1. The molecule has 0 amide bonds. The molecule has 0 fully saturated rings. The van der Waals surface area contributed by atoms with Crippen LogP contribution in [-0.4, -0.2) is 0 Å². The molecule has 0 bridgehead atoms. The van der Waals surface area contributed by atoms with Gasteiger partial charge in [-0.2, -0.15) is 0 Å². The molecule has 0 N–H and O–H groups in total. The molecule has 29 heavy (non-hydrogen) atoms. The molecule has 0 atom stereocenters. The molecular formula is C24H17F5. The molecule has 0 heterocycles. The molecule has 0 radical (unpaired) electrons. The third-order valence-electron chi connectivity index (χ3n) is 5.34. The Morgan fingerprint density at radius 3 is 2.17 bits per heavy atom. The molecule has 0 saturated heterocycles. The van der Waals surface area contributed by atoms with Crippen molar-refractivity contribution in [2.75, 3.05) is 0 Å². The zero-order valence-electron chi connectivity index (χ0n) is 15.6. The Morgan fingerprint density at radius 2 is 1.52 bits per heavy atom. The molecule has 0 saturated carbocycles. The summed E-state index contributed by atoms with van der Waals surface area (Å²) >= 11 is 0. The number of halogens is 5. The largest absolute Gasteiger partial charge is 0.206 e. The van der Waals surface area contributed by atoms with E-state index in [0.29, 0.717) is 28.7 Å². The van der Waals surface area contributed by atoms with Crippen LogP contribution < -0.4 is 0 Å². The normalized spacial score (nSPS) is 13.2. The lowest BCUT2D eigenvalue weighted by molar-refractivity contribution is 0.509. The lowest BCUT2D eigenvalue weighted by atomic mass is 9.85. The van der Waals surface area contributed by atoms with Crippen LogP contribution in [0.2, 0.25) is 0 Å². The van der Waals surface area contributed by atoms with Crippen LogP contribution in [0.25, 0.3) is 16.7 Å². The van der Waals surface area contributed by atoms with E-state index >= 15 is 4.39 Å². The van der Waals surface area contributed by atoms with Crippen molar-refractivity contribution < 1.29 is 22.0 Å².